The van der Waals surface area contributed by atoms with Gasteiger partial charge in [0.2, 0.25) is 0 Å². The Hall–Kier alpha value is -1.81. The van der Waals surface area contributed by atoms with Crippen molar-refractivity contribution in [2.75, 3.05) is 31.5 Å². The van der Waals surface area contributed by atoms with Gasteiger partial charge in [-0.15, -0.1) is 0 Å². The maximum absolute atomic E-state index is 12.3. The van der Waals surface area contributed by atoms with Gasteiger partial charge < -0.3 is 5.32 Å². The maximum atomic E-state index is 12.3. The number of pyridine rings is 1. The number of nitrogens with zero attached hydrogens (tertiary/aromatic N) is 3. The first-order chi connectivity index (χ1) is 10.9. The SMILES string of the molecule is Cc1cc(C#N)cc(NCCC2CCN(CC(F)(F)F)CC2)n1. The number of piperidine rings is 1. The van der Waals surface area contributed by atoms with Crippen LogP contribution < -0.4 is 5.32 Å². The molecule has 126 valence electrons. The fourth-order valence-electron chi connectivity index (χ4n) is 2.91. The van der Waals surface area contributed by atoms with Crippen LogP contribution in [0.15, 0.2) is 12.1 Å². The number of anilines is 1. The second kappa shape index (κ2) is 7.64. The Labute approximate surface area is 134 Å². The van der Waals surface area contributed by atoms with Crippen LogP contribution in [0.4, 0.5) is 19.0 Å². The number of halogens is 3. The van der Waals surface area contributed by atoms with Crippen molar-refractivity contribution in [2.45, 2.75) is 32.4 Å². The van der Waals surface area contributed by atoms with E-state index in [0.29, 0.717) is 36.9 Å². The van der Waals surface area contributed by atoms with E-state index >= 15 is 0 Å². The highest BCUT2D eigenvalue weighted by Gasteiger charge is 2.32. The first-order valence-corrected chi connectivity index (χ1v) is 7.77. The molecule has 1 aromatic heterocycles. The van der Waals surface area contributed by atoms with Crippen molar-refractivity contribution in [1.82, 2.24) is 9.88 Å². The molecule has 2 rings (SSSR count). The summed E-state index contributed by atoms with van der Waals surface area (Å²) in [4.78, 5) is 5.80. The van der Waals surface area contributed by atoms with Gasteiger partial charge in [-0.2, -0.15) is 18.4 Å². The van der Waals surface area contributed by atoms with E-state index in [0.717, 1.165) is 25.0 Å². The van der Waals surface area contributed by atoms with Crippen LogP contribution in [-0.4, -0.2) is 42.2 Å². The molecule has 0 unspecified atom stereocenters. The molecule has 7 heteroatoms. The number of rotatable bonds is 5. The van der Waals surface area contributed by atoms with Crippen molar-refractivity contribution in [3.63, 3.8) is 0 Å². The fraction of sp³-hybridized carbons (Fsp3) is 0.625. The minimum Gasteiger partial charge on any atom is -0.370 e. The number of nitriles is 1. The Balaban J connectivity index is 1.72. The van der Waals surface area contributed by atoms with Crippen molar-refractivity contribution in [3.05, 3.63) is 23.4 Å². The molecule has 2 heterocycles. The van der Waals surface area contributed by atoms with Gasteiger partial charge in [0.25, 0.3) is 0 Å². The van der Waals surface area contributed by atoms with Gasteiger partial charge in [-0.25, -0.2) is 4.98 Å². The van der Waals surface area contributed by atoms with Crippen LogP contribution in [0.5, 0.6) is 0 Å². The molecule has 1 fully saturated rings. The minimum atomic E-state index is -4.11. The van der Waals surface area contributed by atoms with E-state index in [1.165, 1.54) is 4.90 Å². The lowest BCUT2D eigenvalue weighted by Crippen LogP contribution is -2.40. The molecule has 1 N–H and O–H groups in total. The van der Waals surface area contributed by atoms with Gasteiger partial charge in [-0.05, 0) is 57.3 Å². The number of alkyl halides is 3. The van der Waals surface area contributed by atoms with E-state index in [9.17, 15) is 13.2 Å². The average molecular weight is 326 g/mol. The zero-order valence-electron chi connectivity index (χ0n) is 13.2. The normalized spacial score (nSPS) is 17.0. The smallest absolute Gasteiger partial charge is 0.370 e. The summed E-state index contributed by atoms with van der Waals surface area (Å²) in [6.07, 6.45) is -1.62. The first kappa shape index (κ1) is 17.5. The highest BCUT2D eigenvalue weighted by atomic mass is 19.4. The van der Waals surface area contributed by atoms with Gasteiger partial charge >= 0.3 is 6.18 Å². The van der Waals surface area contributed by atoms with Gasteiger partial charge in [0.15, 0.2) is 0 Å². The molecule has 0 bridgehead atoms. The fourth-order valence-corrected chi connectivity index (χ4v) is 2.91. The van der Waals surface area contributed by atoms with Crippen molar-refractivity contribution in [3.8, 4) is 6.07 Å². The van der Waals surface area contributed by atoms with Gasteiger partial charge in [-0.3, -0.25) is 4.90 Å². The second-order valence-corrected chi connectivity index (χ2v) is 6.04. The molecule has 1 aliphatic heterocycles. The molecule has 1 aromatic rings. The lowest BCUT2D eigenvalue weighted by Gasteiger charge is -2.32. The summed E-state index contributed by atoms with van der Waals surface area (Å²) in [5, 5.41) is 12.1. The largest absolute Gasteiger partial charge is 0.401 e. The molecule has 0 saturated carbocycles. The number of aromatic nitrogens is 1. The second-order valence-electron chi connectivity index (χ2n) is 6.04. The lowest BCUT2D eigenvalue weighted by atomic mass is 9.93. The van der Waals surface area contributed by atoms with Gasteiger partial charge in [-0.1, -0.05) is 0 Å². The van der Waals surface area contributed by atoms with E-state index in [1.54, 1.807) is 12.1 Å². The van der Waals surface area contributed by atoms with Crippen LogP contribution in [0.1, 0.15) is 30.5 Å². The summed E-state index contributed by atoms with van der Waals surface area (Å²) >= 11 is 0. The Morgan fingerprint density at radius 3 is 2.65 bits per heavy atom. The number of likely N-dealkylation sites (tertiary alicyclic amines) is 1. The minimum absolute atomic E-state index is 0.437. The molecule has 4 nitrogen and oxygen atoms in total. The third kappa shape index (κ3) is 6.06. The summed E-state index contributed by atoms with van der Waals surface area (Å²) in [6.45, 7) is 2.76. The van der Waals surface area contributed by atoms with E-state index < -0.39 is 12.7 Å². The summed E-state index contributed by atoms with van der Waals surface area (Å²) in [7, 11) is 0. The lowest BCUT2D eigenvalue weighted by molar-refractivity contribution is -0.148. The van der Waals surface area contributed by atoms with Crippen molar-refractivity contribution < 1.29 is 13.2 Å². The monoisotopic (exact) mass is 326 g/mol. The molecule has 1 aliphatic rings. The summed E-state index contributed by atoms with van der Waals surface area (Å²) in [6, 6.07) is 5.53. The molecule has 0 atom stereocenters. The molecule has 1 saturated heterocycles. The van der Waals surface area contributed by atoms with Gasteiger partial charge in [0, 0.05) is 12.2 Å². The molecule has 0 aliphatic carbocycles. The third-order valence-electron chi connectivity index (χ3n) is 4.05. The average Bonchev–Trinajstić information content (AvgIpc) is 2.47. The summed E-state index contributed by atoms with van der Waals surface area (Å²) < 4.78 is 37.0. The zero-order chi connectivity index (χ0) is 16.9. The van der Waals surface area contributed by atoms with E-state index in [1.807, 2.05) is 6.92 Å². The van der Waals surface area contributed by atoms with E-state index in [-0.39, 0.29) is 0 Å². The molecule has 0 spiro atoms. The number of hydrogen-bond acceptors (Lipinski definition) is 4. The predicted molar refractivity (Wildman–Crippen MR) is 82.0 cm³/mol. The van der Waals surface area contributed by atoms with Gasteiger partial charge in [0.1, 0.15) is 5.82 Å². The Kier molecular flexibility index (Phi) is 5.83. The third-order valence-corrected chi connectivity index (χ3v) is 4.05. The maximum Gasteiger partial charge on any atom is 0.401 e. The van der Waals surface area contributed by atoms with Crippen LogP contribution in [0.2, 0.25) is 0 Å². The molecule has 0 aromatic carbocycles. The Morgan fingerprint density at radius 2 is 2.04 bits per heavy atom. The van der Waals surface area contributed by atoms with Crippen LogP contribution in [0, 0.1) is 24.2 Å². The molecular weight excluding hydrogens is 305 g/mol. The van der Waals surface area contributed by atoms with E-state index in [2.05, 4.69) is 16.4 Å². The molecule has 0 amide bonds. The zero-order valence-corrected chi connectivity index (χ0v) is 13.2. The number of nitrogens with one attached hydrogen (secondary N) is 1. The molecule has 23 heavy (non-hydrogen) atoms. The van der Waals surface area contributed by atoms with Crippen molar-refractivity contribution >= 4 is 5.82 Å². The standard InChI is InChI=1S/C16H21F3N4/c1-12-8-14(10-20)9-15(22-12)21-5-2-13-3-6-23(7-4-13)11-16(17,18)19/h8-9,13H,2-7,11H2,1H3,(H,21,22). The van der Waals surface area contributed by atoms with E-state index in [4.69, 9.17) is 5.26 Å². The van der Waals surface area contributed by atoms with Crippen LogP contribution >= 0.6 is 0 Å². The highest BCUT2D eigenvalue weighted by molar-refractivity contribution is 5.44. The first-order valence-electron chi connectivity index (χ1n) is 7.77. The van der Waals surface area contributed by atoms with Crippen LogP contribution in [0.3, 0.4) is 0 Å². The number of aryl methyl sites for hydroxylation is 1. The molecular formula is C16H21F3N4. The van der Waals surface area contributed by atoms with Crippen LogP contribution in [0.25, 0.3) is 0 Å². The summed E-state index contributed by atoms with van der Waals surface area (Å²) in [5.41, 5.74) is 1.35. The topological polar surface area (TPSA) is 52.0 Å². The molecule has 0 radical (unpaired) electrons. The van der Waals surface area contributed by atoms with Crippen molar-refractivity contribution in [2.24, 2.45) is 5.92 Å². The Morgan fingerprint density at radius 1 is 1.35 bits per heavy atom. The Bertz CT molecular complexity index is 557. The van der Waals surface area contributed by atoms with Gasteiger partial charge in [0.05, 0.1) is 18.2 Å². The van der Waals surface area contributed by atoms with Crippen LogP contribution in [-0.2, 0) is 0 Å². The quantitative estimate of drug-likeness (QED) is 0.902. The number of hydrogen-bond donors (Lipinski definition) is 1. The van der Waals surface area contributed by atoms with Crippen molar-refractivity contribution in [1.29, 1.82) is 5.26 Å². The summed E-state index contributed by atoms with van der Waals surface area (Å²) in [5.74, 6) is 1.11. The predicted octanol–water partition coefficient (Wildman–Crippen LogP) is 3.34. The highest BCUT2D eigenvalue weighted by Crippen LogP contribution is 2.24.